The quantitative estimate of drug-likeness (QED) is 0.183. The van der Waals surface area contributed by atoms with Crippen molar-refractivity contribution >= 4 is 65.2 Å². The van der Waals surface area contributed by atoms with Crippen molar-refractivity contribution in [3.05, 3.63) is 193 Å². The molecule has 11 aromatic rings. The average molecular weight is 711 g/mol. The predicted molar refractivity (Wildman–Crippen MR) is 230 cm³/mol. The molecule has 9 aromatic carbocycles. The van der Waals surface area contributed by atoms with Crippen LogP contribution in [0.3, 0.4) is 0 Å². The summed E-state index contributed by atoms with van der Waals surface area (Å²) in [6.07, 6.45) is 0. The minimum atomic E-state index is 0.334. The predicted octanol–water partition coefficient (Wildman–Crippen LogP) is 13.3. The topological polar surface area (TPSA) is 57.4 Å². The third kappa shape index (κ3) is 4.57. The molecule has 0 atom stereocenters. The van der Waals surface area contributed by atoms with Gasteiger partial charge in [0.05, 0.1) is 44.6 Å². The number of fused-ring (bicyclic) bond motifs is 10. The molecule has 56 heavy (non-hydrogen) atoms. The fourth-order valence-electron chi connectivity index (χ4n) is 8.90. The van der Waals surface area contributed by atoms with Crippen LogP contribution in [0.5, 0.6) is 0 Å². The van der Waals surface area contributed by atoms with Crippen molar-refractivity contribution in [2.75, 3.05) is 0 Å². The molecule has 0 aliphatic heterocycles. The van der Waals surface area contributed by atoms with Crippen molar-refractivity contribution < 1.29 is 0 Å². The molecule has 258 valence electrons. The highest BCUT2D eigenvalue weighted by Gasteiger charge is 2.24. The van der Waals surface area contributed by atoms with Crippen LogP contribution in [0.4, 0.5) is 0 Å². The van der Waals surface area contributed by atoms with Gasteiger partial charge in [-0.05, 0) is 92.3 Å². The lowest BCUT2D eigenvalue weighted by Gasteiger charge is -2.16. The summed E-state index contributed by atoms with van der Waals surface area (Å²) in [6.45, 7) is 0. The molecule has 2 aromatic heterocycles. The van der Waals surface area contributed by atoms with Gasteiger partial charge in [0.15, 0.2) is 0 Å². The van der Waals surface area contributed by atoms with Crippen LogP contribution in [0.25, 0.3) is 98.8 Å². The lowest BCUT2D eigenvalue weighted by Crippen LogP contribution is -2.05. The van der Waals surface area contributed by atoms with Crippen LogP contribution in [0.1, 0.15) is 11.1 Å². The first-order chi connectivity index (χ1) is 27.7. The highest BCUT2D eigenvalue weighted by Crippen LogP contribution is 2.43. The van der Waals surface area contributed by atoms with Crippen molar-refractivity contribution in [2.45, 2.75) is 0 Å². The van der Waals surface area contributed by atoms with Crippen molar-refractivity contribution in [1.82, 2.24) is 9.13 Å². The third-order valence-corrected chi connectivity index (χ3v) is 11.4. The van der Waals surface area contributed by atoms with Crippen molar-refractivity contribution in [3.63, 3.8) is 0 Å². The lowest BCUT2D eigenvalue weighted by molar-refractivity contribution is 1.12. The lowest BCUT2D eigenvalue weighted by atomic mass is 10.0. The largest absolute Gasteiger partial charge is 0.308 e. The Hall–Kier alpha value is -7.92. The summed E-state index contributed by atoms with van der Waals surface area (Å²) in [5, 5.41) is 31.1. The van der Waals surface area contributed by atoms with E-state index in [0.717, 1.165) is 87.4 Å². The summed E-state index contributed by atoms with van der Waals surface area (Å²) in [4.78, 5) is 0. The second-order valence-electron chi connectivity index (χ2n) is 14.3. The van der Waals surface area contributed by atoms with Crippen molar-refractivity contribution in [3.8, 4) is 45.8 Å². The highest BCUT2D eigenvalue weighted by atomic mass is 15.0. The number of hydrogen-bond donors (Lipinski definition) is 0. The van der Waals surface area contributed by atoms with E-state index < -0.39 is 0 Å². The van der Waals surface area contributed by atoms with Crippen LogP contribution < -0.4 is 0 Å². The Morgan fingerprint density at radius 1 is 0.321 bits per heavy atom. The molecule has 0 spiro atoms. The van der Waals surface area contributed by atoms with Crippen LogP contribution in [0, 0.1) is 22.7 Å². The molecule has 0 saturated carbocycles. The van der Waals surface area contributed by atoms with Gasteiger partial charge in [0.25, 0.3) is 0 Å². The molecule has 0 N–H and O–H groups in total. The first kappa shape index (κ1) is 31.6. The van der Waals surface area contributed by atoms with E-state index in [2.05, 4.69) is 179 Å². The van der Waals surface area contributed by atoms with Gasteiger partial charge < -0.3 is 9.13 Å². The third-order valence-electron chi connectivity index (χ3n) is 11.4. The summed E-state index contributed by atoms with van der Waals surface area (Å²) in [6, 6.07) is 68.4. The van der Waals surface area contributed by atoms with Gasteiger partial charge in [-0.25, -0.2) is 0 Å². The zero-order valence-electron chi connectivity index (χ0n) is 30.1. The number of hydrogen-bond acceptors (Lipinski definition) is 2. The summed E-state index contributed by atoms with van der Waals surface area (Å²) < 4.78 is 4.33. The maximum Gasteiger partial charge on any atom is 0.103 e. The molecule has 0 amide bonds. The summed E-state index contributed by atoms with van der Waals surface area (Å²) >= 11 is 0. The number of aromatic nitrogens is 2. The van der Waals surface area contributed by atoms with E-state index in [4.69, 9.17) is 0 Å². The number of rotatable bonds is 4. The Kier molecular flexibility index (Phi) is 6.95. The maximum absolute atomic E-state index is 11.1. The van der Waals surface area contributed by atoms with Gasteiger partial charge in [0.2, 0.25) is 0 Å². The molecule has 2 heterocycles. The Morgan fingerprint density at radius 2 is 0.714 bits per heavy atom. The zero-order chi connectivity index (χ0) is 37.3. The van der Waals surface area contributed by atoms with E-state index >= 15 is 0 Å². The first-order valence-electron chi connectivity index (χ1n) is 18.7. The maximum atomic E-state index is 11.1. The van der Waals surface area contributed by atoms with Crippen LogP contribution in [-0.2, 0) is 0 Å². The standard InChI is InChI=1S/C52H30N4/c53-31-43-44(32-54)48(56-46-24-22-38(34-13-5-2-6-14-34)30-42(46)52-40-18-10-8-16-36(40)20-26-50(52)56)28-27-47(43)55-45-23-21-37(33-11-3-1-4-12-33)29-41(45)51-39-17-9-7-15-35(39)19-25-49(51)55/h1-30H. The highest BCUT2D eigenvalue weighted by molar-refractivity contribution is 6.23. The van der Waals surface area contributed by atoms with E-state index in [-0.39, 0.29) is 0 Å². The molecule has 0 radical (unpaired) electrons. The number of nitriles is 2. The molecule has 4 nitrogen and oxygen atoms in total. The fraction of sp³-hybridized carbons (Fsp3) is 0. The van der Waals surface area contributed by atoms with Gasteiger partial charge in [-0.1, -0.05) is 133 Å². The Balaban J connectivity index is 1.21. The molecule has 0 unspecified atom stereocenters. The van der Waals surface area contributed by atoms with Gasteiger partial charge in [-0.15, -0.1) is 0 Å². The first-order valence-corrected chi connectivity index (χ1v) is 18.7. The fourth-order valence-corrected chi connectivity index (χ4v) is 8.90. The Labute approximate surface area is 322 Å². The average Bonchev–Trinajstić information content (AvgIpc) is 3.79. The van der Waals surface area contributed by atoms with E-state index in [9.17, 15) is 10.5 Å². The Morgan fingerprint density at radius 3 is 1.14 bits per heavy atom. The van der Waals surface area contributed by atoms with Gasteiger partial charge >= 0.3 is 0 Å². The van der Waals surface area contributed by atoms with Gasteiger partial charge in [-0.3, -0.25) is 0 Å². The van der Waals surface area contributed by atoms with Gasteiger partial charge in [0.1, 0.15) is 12.1 Å². The number of benzene rings is 9. The van der Waals surface area contributed by atoms with Crippen LogP contribution in [0.15, 0.2) is 182 Å². The van der Waals surface area contributed by atoms with Crippen molar-refractivity contribution in [2.24, 2.45) is 0 Å². The summed E-state index contributed by atoms with van der Waals surface area (Å²) in [5.41, 5.74) is 10.4. The van der Waals surface area contributed by atoms with E-state index in [1.54, 1.807) is 0 Å². The van der Waals surface area contributed by atoms with Crippen LogP contribution >= 0.6 is 0 Å². The second kappa shape index (κ2) is 12.3. The van der Waals surface area contributed by atoms with Crippen LogP contribution in [-0.4, -0.2) is 9.13 Å². The molecular formula is C52H30N4. The molecule has 0 saturated heterocycles. The molecule has 0 aliphatic rings. The van der Waals surface area contributed by atoms with E-state index in [1.807, 2.05) is 24.3 Å². The van der Waals surface area contributed by atoms with Gasteiger partial charge in [0, 0.05) is 21.5 Å². The minimum absolute atomic E-state index is 0.334. The zero-order valence-corrected chi connectivity index (χ0v) is 30.1. The molecule has 0 bridgehead atoms. The number of nitrogens with zero attached hydrogens (tertiary/aromatic N) is 4. The SMILES string of the molecule is N#Cc1c(-n2c3ccc(-c4ccccc4)cc3c3c4ccccc4ccc32)ccc(-n2c3ccc(-c4ccccc4)cc3c3c4ccccc4ccc32)c1C#N. The summed E-state index contributed by atoms with van der Waals surface area (Å²) in [5.74, 6) is 0. The van der Waals surface area contributed by atoms with E-state index in [1.165, 1.54) is 0 Å². The van der Waals surface area contributed by atoms with Gasteiger partial charge in [-0.2, -0.15) is 10.5 Å². The monoisotopic (exact) mass is 710 g/mol. The molecule has 4 heteroatoms. The normalized spacial score (nSPS) is 11.5. The van der Waals surface area contributed by atoms with Crippen LogP contribution in [0.2, 0.25) is 0 Å². The van der Waals surface area contributed by atoms with Crippen molar-refractivity contribution in [1.29, 1.82) is 10.5 Å². The molecule has 0 aliphatic carbocycles. The smallest absolute Gasteiger partial charge is 0.103 e. The Bertz CT molecular complexity index is 3250. The molecule has 11 rings (SSSR count). The second-order valence-corrected chi connectivity index (χ2v) is 14.3. The minimum Gasteiger partial charge on any atom is -0.308 e. The van der Waals surface area contributed by atoms with E-state index in [0.29, 0.717) is 22.5 Å². The summed E-state index contributed by atoms with van der Waals surface area (Å²) in [7, 11) is 0. The molecular weight excluding hydrogens is 681 g/mol. The molecule has 0 fully saturated rings.